The van der Waals surface area contributed by atoms with Crippen molar-refractivity contribution in [1.29, 1.82) is 5.26 Å². The molecule has 0 saturated heterocycles. The third-order valence-electron chi connectivity index (χ3n) is 2.55. The van der Waals surface area contributed by atoms with Crippen LogP contribution in [0, 0.1) is 11.5 Å². The zero-order valence-electron chi connectivity index (χ0n) is 10.5. The summed E-state index contributed by atoms with van der Waals surface area (Å²) in [6.07, 6.45) is 2.93. The van der Waals surface area contributed by atoms with Crippen LogP contribution in [0.25, 0.3) is 0 Å². The third-order valence-corrected chi connectivity index (χ3v) is 3.13. The molecule has 0 radical (unpaired) electrons. The molecule has 1 aromatic rings. The maximum absolute atomic E-state index is 9.79. The van der Waals surface area contributed by atoms with Crippen molar-refractivity contribution in [2.45, 2.75) is 13.0 Å². The monoisotopic (exact) mass is 279 g/mol. The van der Waals surface area contributed by atoms with E-state index in [1.54, 1.807) is 25.3 Å². The largest absolute Gasteiger partial charge is 0.454 e. The number of ether oxygens (including phenoxy) is 2. The standard InChI is InChI=1S/C12H13N3O3S/c1-7(16)8-3-10-11(18-6-17-10)4-9(8)15-12(19-2)14-5-13/h3-4,7,16H,6H2,1-2H3,(H,14,15). The van der Waals surface area contributed by atoms with E-state index in [0.717, 1.165) is 0 Å². The summed E-state index contributed by atoms with van der Waals surface area (Å²) in [4.78, 5) is 4.32. The van der Waals surface area contributed by atoms with Crippen LogP contribution in [0.2, 0.25) is 0 Å². The molecule has 0 bridgehead atoms. The summed E-state index contributed by atoms with van der Waals surface area (Å²) in [7, 11) is 0. The van der Waals surface area contributed by atoms with E-state index >= 15 is 0 Å². The summed E-state index contributed by atoms with van der Waals surface area (Å²) in [5.74, 6) is 1.18. The van der Waals surface area contributed by atoms with Crippen LogP contribution in [0.3, 0.4) is 0 Å². The van der Waals surface area contributed by atoms with Gasteiger partial charge in [0.05, 0.1) is 11.8 Å². The number of hydrogen-bond donors (Lipinski definition) is 2. The Labute approximate surface area is 115 Å². The lowest BCUT2D eigenvalue weighted by Crippen LogP contribution is -2.12. The number of aliphatic hydroxyl groups is 1. The van der Waals surface area contributed by atoms with E-state index in [1.807, 2.05) is 6.19 Å². The molecule has 1 unspecified atom stereocenters. The van der Waals surface area contributed by atoms with Gasteiger partial charge in [-0.2, -0.15) is 5.26 Å². The lowest BCUT2D eigenvalue weighted by Gasteiger charge is -2.11. The quantitative estimate of drug-likeness (QED) is 0.372. The van der Waals surface area contributed by atoms with Gasteiger partial charge in [-0.25, -0.2) is 4.99 Å². The molecule has 7 heteroatoms. The van der Waals surface area contributed by atoms with E-state index in [4.69, 9.17) is 14.7 Å². The van der Waals surface area contributed by atoms with E-state index in [1.165, 1.54) is 11.8 Å². The zero-order chi connectivity index (χ0) is 13.8. The summed E-state index contributed by atoms with van der Waals surface area (Å²) in [5.41, 5.74) is 1.17. The molecule has 0 spiro atoms. The van der Waals surface area contributed by atoms with Crippen LogP contribution >= 0.6 is 11.8 Å². The second kappa shape index (κ2) is 5.82. The summed E-state index contributed by atoms with van der Waals surface area (Å²) in [5, 5.41) is 21.4. The highest BCUT2D eigenvalue weighted by Crippen LogP contribution is 2.40. The Morgan fingerprint density at radius 2 is 2.21 bits per heavy atom. The van der Waals surface area contributed by atoms with Crippen LogP contribution in [0.1, 0.15) is 18.6 Å². The van der Waals surface area contributed by atoms with Crippen LogP contribution in [-0.2, 0) is 0 Å². The molecule has 0 aliphatic carbocycles. The minimum atomic E-state index is -0.696. The molecule has 1 aliphatic heterocycles. The van der Waals surface area contributed by atoms with Crippen molar-refractivity contribution >= 4 is 22.6 Å². The Hall–Kier alpha value is -1.91. The Balaban J connectivity index is 2.46. The Morgan fingerprint density at radius 1 is 1.53 bits per heavy atom. The third kappa shape index (κ3) is 2.92. The SMILES string of the molecule is CSC(=Nc1cc2c(cc1C(C)O)OCO2)NC#N. The highest BCUT2D eigenvalue weighted by molar-refractivity contribution is 8.13. The molecular formula is C12H13N3O3S. The van der Waals surface area contributed by atoms with Gasteiger partial charge in [-0.05, 0) is 19.2 Å². The first kappa shape index (κ1) is 13.5. The van der Waals surface area contributed by atoms with Crippen molar-refractivity contribution < 1.29 is 14.6 Å². The summed E-state index contributed by atoms with van der Waals surface area (Å²) in [6, 6.07) is 3.40. The van der Waals surface area contributed by atoms with Gasteiger partial charge in [0.25, 0.3) is 0 Å². The van der Waals surface area contributed by atoms with E-state index in [2.05, 4.69) is 10.3 Å². The second-order valence-corrected chi connectivity index (χ2v) is 4.59. The number of nitrogens with zero attached hydrogens (tertiary/aromatic N) is 2. The van der Waals surface area contributed by atoms with Crippen molar-refractivity contribution in [2.24, 2.45) is 4.99 Å². The lowest BCUT2D eigenvalue weighted by molar-refractivity contribution is 0.173. The molecule has 1 atom stereocenters. The van der Waals surface area contributed by atoms with Crippen LogP contribution in [0.15, 0.2) is 17.1 Å². The molecule has 2 rings (SSSR count). The highest BCUT2D eigenvalue weighted by atomic mass is 32.2. The molecule has 0 fully saturated rings. The number of nitriles is 1. The normalized spacial score (nSPS) is 14.9. The molecule has 19 heavy (non-hydrogen) atoms. The van der Waals surface area contributed by atoms with Crippen molar-refractivity contribution in [3.8, 4) is 17.7 Å². The van der Waals surface area contributed by atoms with Crippen molar-refractivity contribution in [3.05, 3.63) is 17.7 Å². The average molecular weight is 279 g/mol. The molecule has 0 saturated carbocycles. The number of aliphatic hydroxyl groups excluding tert-OH is 1. The lowest BCUT2D eigenvalue weighted by atomic mass is 10.1. The number of nitrogens with one attached hydrogen (secondary N) is 1. The molecule has 0 amide bonds. The van der Waals surface area contributed by atoms with Crippen molar-refractivity contribution in [2.75, 3.05) is 13.0 Å². The fourth-order valence-electron chi connectivity index (χ4n) is 1.66. The number of benzene rings is 1. The molecule has 100 valence electrons. The van der Waals surface area contributed by atoms with Crippen LogP contribution in [0.5, 0.6) is 11.5 Å². The molecule has 0 aromatic heterocycles. The van der Waals surface area contributed by atoms with Gasteiger partial charge in [0.2, 0.25) is 6.79 Å². The van der Waals surface area contributed by atoms with E-state index in [0.29, 0.717) is 27.9 Å². The summed E-state index contributed by atoms with van der Waals surface area (Å²) in [6.45, 7) is 1.81. The van der Waals surface area contributed by atoms with Gasteiger partial charge in [-0.3, -0.25) is 5.32 Å². The number of aliphatic imine (C=N–C) groups is 1. The zero-order valence-corrected chi connectivity index (χ0v) is 11.3. The van der Waals surface area contributed by atoms with Crippen LogP contribution in [0.4, 0.5) is 5.69 Å². The number of fused-ring (bicyclic) bond motifs is 1. The van der Waals surface area contributed by atoms with Gasteiger partial charge in [-0.15, -0.1) is 0 Å². The molecule has 1 aliphatic rings. The Bertz CT molecular complexity index is 552. The van der Waals surface area contributed by atoms with Crippen molar-refractivity contribution in [1.82, 2.24) is 5.32 Å². The molecule has 6 nitrogen and oxygen atoms in total. The predicted molar refractivity (Wildman–Crippen MR) is 72.6 cm³/mol. The van der Waals surface area contributed by atoms with E-state index < -0.39 is 6.10 Å². The first-order chi connectivity index (χ1) is 9.15. The van der Waals surface area contributed by atoms with E-state index in [9.17, 15) is 5.11 Å². The number of hydrogen-bond acceptors (Lipinski definition) is 6. The molecule has 1 heterocycles. The van der Waals surface area contributed by atoms with Crippen LogP contribution in [-0.4, -0.2) is 23.3 Å². The van der Waals surface area contributed by atoms with Gasteiger partial charge in [0.1, 0.15) is 0 Å². The minimum absolute atomic E-state index is 0.160. The fraction of sp³-hybridized carbons (Fsp3) is 0.333. The maximum Gasteiger partial charge on any atom is 0.231 e. The summed E-state index contributed by atoms with van der Waals surface area (Å²) >= 11 is 1.31. The van der Waals surface area contributed by atoms with Crippen molar-refractivity contribution in [3.63, 3.8) is 0 Å². The van der Waals surface area contributed by atoms with Gasteiger partial charge in [0, 0.05) is 11.6 Å². The van der Waals surface area contributed by atoms with E-state index in [-0.39, 0.29) is 6.79 Å². The maximum atomic E-state index is 9.79. The van der Waals surface area contributed by atoms with Crippen LogP contribution < -0.4 is 14.8 Å². The van der Waals surface area contributed by atoms with Gasteiger partial charge in [-0.1, -0.05) is 11.8 Å². The first-order valence-corrected chi connectivity index (χ1v) is 6.77. The summed E-state index contributed by atoms with van der Waals surface area (Å²) < 4.78 is 10.6. The highest BCUT2D eigenvalue weighted by Gasteiger charge is 2.19. The number of rotatable bonds is 2. The topological polar surface area (TPSA) is 86.9 Å². The smallest absolute Gasteiger partial charge is 0.231 e. The van der Waals surface area contributed by atoms with Gasteiger partial charge >= 0.3 is 0 Å². The first-order valence-electron chi connectivity index (χ1n) is 5.55. The number of amidine groups is 1. The fourth-order valence-corrected chi connectivity index (χ4v) is 2.00. The van der Waals surface area contributed by atoms with Gasteiger partial charge < -0.3 is 14.6 Å². The Morgan fingerprint density at radius 3 is 2.79 bits per heavy atom. The molecule has 2 N–H and O–H groups in total. The second-order valence-electron chi connectivity index (χ2n) is 3.80. The molecular weight excluding hydrogens is 266 g/mol. The Kier molecular flexibility index (Phi) is 4.14. The predicted octanol–water partition coefficient (Wildman–Crippen LogP) is 1.89. The van der Waals surface area contributed by atoms with Gasteiger partial charge in [0.15, 0.2) is 22.9 Å². The molecule has 1 aromatic carbocycles. The minimum Gasteiger partial charge on any atom is -0.454 e. The number of thioether (sulfide) groups is 1. The average Bonchev–Trinajstić information content (AvgIpc) is 2.84.